The molecule has 0 aliphatic carbocycles. The van der Waals surface area contributed by atoms with Gasteiger partial charge in [0.2, 0.25) is 0 Å². The van der Waals surface area contributed by atoms with Crippen LogP contribution in [0.4, 0.5) is 0 Å². The molecule has 15 heavy (non-hydrogen) atoms. The summed E-state index contributed by atoms with van der Waals surface area (Å²) in [5, 5.41) is 19.0. The van der Waals surface area contributed by atoms with Gasteiger partial charge in [-0.2, -0.15) is 0 Å². The Morgan fingerprint density at radius 1 is 1.47 bits per heavy atom. The molecule has 0 bridgehead atoms. The maximum Gasteiger partial charge on any atom is 0.0667 e. The number of likely N-dealkylation sites (tertiary alicyclic amines) is 1. The first-order valence-corrected chi connectivity index (χ1v) is 5.83. The molecule has 2 fully saturated rings. The van der Waals surface area contributed by atoms with Gasteiger partial charge in [0.15, 0.2) is 0 Å². The van der Waals surface area contributed by atoms with Crippen LogP contribution in [0.15, 0.2) is 0 Å². The van der Waals surface area contributed by atoms with Crippen molar-refractivity contribution in [1.82, 2.24) is 4.90 Å². The van der Waals surface area contributed by atoms with E-state index in [1.807, 2.05) is 0 Å². The highest BCUT2D eigenvalue weighted by molar-refractivity contribution is 4.87. The average molecular weight is 215 g/mol. The number of ether oxygens (including phenoxy) is 1. The number of piperidine rings is 1. The number of rotatable bonds is 3. The van der Waals surface area contributed by atoms with Crippen LogP contribution in [0.2, 0.25) is 0 Å². The van der Waals surface area contributed by atoms with Crippen LogP contribution in [0, 0.1) is 5.41 Å². The lowest BCUT2D eigenvalue weighted by atomic mass is 9.87. The van der Waals surface area contributed by atoms with Gasteiger partial charge in [-0.25, -0.2) is 0 Å². The van der Waals surface area contributed by atoms with Crippen LogP contribution in [-0.2, 0) is 4.74 Å². The summed E-state index contributed by atoms with van der Waals surface area (Å²) >= 11 is 0. The summed E-state index contributed by atoms with van der Waals surface area (Å²) in [5.74, 6) is 0. The second-order valence-corrected chi connectivity index (χ2v) is 4.99. The van der Waals surface area contributed by atoms with E-state index in [1.165, 1.54) is 0 Å². The van der Waals surface area contributed by atoms with Crippen LogP contribution < -0.4 is 0 Å². The SMILES string of the molecule is OCC1(CN2CCCC(O)C2)CCOC1. The third-order valence-electron chi connectivity index (χ3n) is 3.56. The predicted molar refractivity (Wildman–Crippen MR) is 56.6 cm³/mol. The Labute approximate surface area is 90.8 Å². The van der Waals surface area contributed by atoms with Crippen molar-refractivity contribution in [3.05, 3.63) is 0 Å². The molecule has 2 atom stereocenters. The van der Waals surface area contributed by atoms with Gasteiger partial charge in [0.25, 0.3) is 0 Å². The summed E-state index contributed by atoms with van der Waals surface area (Å²) in [5.41, 5.74) is -0.0724. The fourth-order valence-electron chi connectivity index (χ4n) is 2.60. The van der Waals surface area contributed by atoms with Crippen LogP contribution in [0.25, 0.3) is 0 Å². The largest absolute Gasteiger partial charge is 0.396 e. The van der Waals surface area contributed by atoms with E-state index in [1.54, 1.807) is 0 Å². The van der Waals surface area contributed by atoms with Crippen LogP contribution in [0.5, 0.6) is 0 Å². The minimum absolute atomic E-state index is 0.0724. The molecule has 2 rings (SSSR count). The highest BCUT2D eigenvalue weighted by atomic mass is 16.5. The minimum Gasteiger partial charge on any atom is -0.396 e. The van der Waals surface area contributed by atoms with Gasteiger partial charge in [-0.05, 0) is 25.8 Å². The molecule has 0 saturated carbocycles. The molecule has 0 aromatic carbocycles. The van der Waals surface area contributed by atoms with Crippen molar-refractivity contribution in [1.29, 1.82) is 0 Å². The van der Waals surface area contributed by atoms with Crippen LogP contribution in [-0.4, -0.2) is 60.7 Å². The Hall–Kier alpha value is -0.160. The molecule has 2 aliphatic heterocycles. The molecular weight excluding hydrogens is 194 g/mol. The summed E-state index contributed by atoms with van der Waals surface area (Å²) < 4.78 is 5.37. The highest BCUT2D eigenvalue weighted by Crippen LogP contribution is 2.30. The van der Waals surface area contributed by atoms with E-state index in [2.05, 4.69) is 4.90 Å². The molecule has 4 nitrogen and oxygen atoms in total. The molecule has 0 aromatic rings. The zero-order valence-electron chi connectivity index (χ0n) is 9.19. The Morgan fingerprint density at radius 2 is 2.33 bits per heavy atom. The first-order valence-electron chi connectivity index (χ1n) is 5.83. The third kappa shape index (κ3) is 2.69. The number of aliphatic hydroxyl groups is 2. The molecule has 2 N–H and O–H groups in total. The topological polar surface area (TPSA) is 52.9 Å². The summed E-state index contributed by atoms with van der Waals surface area (Å²) in [6, 6.07) is 0. The van der Waals surface area contributed by atoms with Crippen LogP contribution in [0.1, 0.15) is 19.3 Å². The van der Waals surface area contributed by atoms with Gasteiger partial charge < -0.3 is 19.8 Å². The maximum absolute atomic E-state index is 9.57. The Bertz CT molecular complexity index is 204. The molecule has 0 amide bonds. The summed E-state index contributed by atoms with van der Waals surface area (Å²) in [6.07, 6.45) is 2.73. The van der Waals surface area contributed by atoms with Crippen molar-refractivity contribution in [3.8, 4) is 0 Å². The number of hydrogen-bond donors (Lipinski definition) is 2. The zero-order chi connectivity index (χ0) is 10.7. The molecule has 2 heterocycles. The van der Waals surface area contributed by atoms with E-state index >= 15 is 0 Å². The molecule has 88 valence electrons. The lowest BCUT2D eigenvalue weighted by Crippen LogP contribution is -2.46. The second-order valence-electron chi connectivity index (χ2n) is 4.99. The molecule has 0 aromatic heterocycles. The Morgan fingerprint density at radius 3 is 2.93 bits per heavy atom. The fraction of sp³-hybridized carbons (Fsp3) is 1.00. The van der Waals surface area contributed by atoms with E-state index in [9.17, 15) is 10.2 Å². The van der Waals surface area contributed by atoms with Crippen molar-refractivity contribution in [2.24, 2.45) is 5.41 Å². The molecule has 0 radical (unpaired) electrons. The van der Waals surface area contributed by atoms with E-state index in [-0.39, 0.29) is 18.1 Å². The monoisotopic (exact) mass is 215 g/mol. The molecule has 0 spiro atoms. The Balaban J connectivity index is 1.88. The van der Waals surface area contributed by atoms with Gasteiger partial charge in [0.05, 0.1) is 19.3 Å². The summed E-state index contributed by atoms with van der Waals surface area (Å²) in [4.78, 5) is 2.26. The van der Waals surface area contributed by atoms with Gasteiger partial charge >= 0.3 is 0 Å². The first-order chi connectivity index (χ1) is 7.24. The van der Waals surface area contributed by atoms with Crippen molar-refractivity contribution in [2.75, 3.05) is 39.5 Å². The van der Waals surface area contributed by atoms with Gasteiger partial charge in [0, 0.05) is 25.1 Å². The summed E-state index contributed by atoms with van der Waals surface area (Å²) in [6.45, 7) is 4.27. The molecule has 2 saturated heterocycles. The van der Waals surface area contributed by atoms with Gasteiger partial charge in [-0.1, -0.05) is 0 Å². The van der Waals surface area contributed by atoms with Crippen LogP contribution >= 0.6 is 0 Å². The van der Waals surface area contributed by atoms with E-state index in [4.69, 9.17) is 4.74 Å². The van der Waals surface area contributed by atoms with Gasteiger partial charge in [0.1, 0.15) is 0 Å². The zero-order valence-corrected chi connectivity index (χ0v) is 9.19. The molecule has 4 heteroatoms. The first kappa shape index (κ1) is 11.3. The maximum atomic E-state index is 9.57. The molecular formula is C11H21NO3. The molecule has 2 aliphatic rings. The van der Waals surface area contributed by atoms with Gasteiger partial charge in [-0.15, -0.1) is 0 Å². The lowest BCUT2D eigenvalue weighted by molar-refractivity contribution is 0.0163. The van der Waals surface area contributed by atoms with Gasteiger partial charge in [-0.3, -0.25) is 0 Å². The van der Waals surface area contributed by atoms with Crippen molar-refractivity contribution < 1.29 is 14.9 Å². The van der Waals surface area contributed by atoms with Crippen molar-refractivity contribution >= 4 is 0 Å². The molecule has 2 unspecified atom stereocenters. The smallest absolute Gasteiger partial charge is 0.0667 e. The summed E-state index contributed by atoms with van der Waals surface area (Å²) in [7, 11) is 0. The predicted octanol–water partition coefficient (Wildman–Crippen LogP) is -0.158. The third-order valence-corrected chi connectivity index (χ3v) is 3.56. The lowest BCUT2D eigenvalue weighted by Gasteiger charge is -2.36. The average Bonchev–Trinajstić information content (AvgIpc) is 2.67. The van der Waals surface area contributed by atoms with E-state index < -0.39 is 0 Å². The standard InChI is InChI=1S/C11H21NO3/c13-8-11(3-5-15-9-11)7-12-4-1-2-10(14)6-12/h10,13-14H,1-9H2. The number of β-amino-alcohol motifs (C(OH)–C–C–N with tert-alkyl or cyclic N) is 1. The van der Waals surface area contributed by atoms with E-state index in [0.29, 0.717) is 6.61 Å². The second kappa shape index (κ2) is 4.78. The quantitative estimate of drug-likeness (QED) is 0.687. The number of aliphatic hydroxyl groups excluding tert-OH is 2. The minimum atomic E-state index is -0.184. The normalized spacial score (nSPS) is 38.4. The highest BCUT2D eigenvalue weighted by Gasteiger charge is 2.36. The number of hydrogen-bond acceptors (Lipinski definition) is 4. The number of nitrogens with zero attached hydrogens (tertiary/aromatic N) is 1. The van der Waals surface area contributed by atoms with Crippen molar-refractivity contribution in [2.45, 2.75) is 25.4 Å². The Kier molecular flexibility index (Phi) is 3.61. The van der Waals surface area contributed by atoms with E-state index in [0.717, 1.165) is 45.5 Å². The van der Waals surface area contributed by atoms with Crippen LogP contribution in [0.3, 0.4) is 0 Å². The van der Waals surface area contributed by atoms with Crippen molar-refractivity contribution in [3.63, 3.8) is 0 Å². The fourth-order valence-corrected chi connectivity index (χ4v) is 2.60.